The predicted octanol–water partition coefficient (Wildman–Crippen LogP) is 2.81. The number of nitrogens with two attached hydrogens (primary N) is 1. The summed E-state index contributed by atoms with van der Waals surface area (Å²) >= 11 is 0. The van der Waals surface area contributed by atoms with Gasteiger partial charge in [0.1, 0.15) is 6.54 Å². The molecule has 0 bridgehead atoms. The molecule has 1 saturated heterocycles. The lowest BCUT2D eigenvalue weighted by molar-refractivity contribution is -0.118. The van der Waals surface area contributed by atoms with Gasteiger partial charge in [0, 0.05) is 17.3 Å². The Balaban J connectivity index is 1.85. The third-order valence-corrected chi connectivity index (χ3v) is 5.06. The molecule has 0 spiro atoms. The molecule has 2 heterocycles. The van der Waals surface area contributed by atoms with E-state index in [2.05, 4.69) is 41.2 Å². The number of hydrogen-bond donors (Lipinski definition) is 1. The van der Waals surface area contributed by atoms with Crippen molar-refractivity contribution in [1.82, 2.24) is 14.7 Å². The first-order chi connectivity index (χ1) is 11.5. The van der Waals surface area contributed by atoms with Crippen LogP contribution >= 0.6 is 0 Å². The highest BCUT2D eigenvalue weighted by Crippen LogP contribution is 2.30. The topological polar surface area (TPSA) is 64.2 Å². The van der Waals surface area contributed by atoms with E-state index in [1.807, 2.05) is 13.8 Å². The number of nitrogens with zero attached hydrogens (tertiary/aromatic N) is 3. The van der Waals surface area contributed by atoms with Gasteiger partial charge in [0.15, 0.2) is 0 Å². The van der Waals surface area contributed by atoms with E-state index < -0.39 is 0 Å². The van der Waals surface area contributed by atoms with Gasteiger partial charge in [0.2, 0.25) is 5.91 Å². The van der Waals surface area contributed by atoms with Crippen LogP contribution in [-0.4, -0.2) is 33.7 Å². The third-order valence-electron chi connectivity index (χ3n) is 5.06. The molecular weight excluding hydrogens is 300 g/mol. The molecule has 128 valence electrons. The van der Waals surface area contributed by atoms with Gasteiger partial charge in [-0.3, -0.25) is 14.4 Å². The fourth-order valence-corrected chi connectivity index (χ4v) is 3.68. The minimum absolute atomic E-state index is 0.122. The van der Waals surface area contributed by atoms with Gasteiger partial charge in [-0.1, -0.05) is 24.3 Å². The summed E-state index contributed by atoms with van der Waals surface area (Å²) in [5.41, 5.74) is 10.8. The minimum atomic E-state index is -0.373. The van der Waals surface area contributed by atoms with Gasteiger partial charge in [0.25, 0.3) is 0 Å². The second-order valence-electron chi connectivity index (χ2n) is 6.71. The molecule has 5 nitrogen and oxygen atoms in total. The highest BCUT2D eigenvalue weighted by molar-refractivity contribution is 5.74. The Morgan fingerprint density at radius 1 is 1.21 bits per heavy atom. The lowest BCUT2D eigenvalue weighted by atomic mass is 9.99. The maximum absolute atomic E-state index is 11.2. The molecule has 0 saturated carbocycles. The van der Waals surface area contributed by atoms with Gasteiger partial charge in [-0.15, -0.1) is 0 Å². The van der Waals surface area contributed by atoms with Crippen LogP contribution in [0.15, 0.2) is 24.3 Å². The van der Waals surface area contributed by atoms with E-state index in [9.17, 15) is 4.79 Å². The summed E-state index contributed by atoms with van der Waals surface area (Å²) < 4.78 is 1.69. The van der Waals surface area contributed by atoms with E-state index in [4.69, 9.17) is 5.73 Å². The van der Waals surface area contributed by atoms with Crippen molar-refractivity contribution in [2.24, 2.45) is 5.73 Å². The first-order valence-electron chi connectivity index (χ1n) is 8.64. The predicted molar refractivity (Wildman–Crippen MR) is 95.6 cm³/mol. The zero-order valence-corrected chi connectivity index (χ0v) is 14.7. The molecule has 1 unspecified atom stereocenters. The molecule has 1 atom stereocenters. The number of hydrogen-bond acceptors (Lipinski definition) is 3. The van der Waals surface area contributed by atoms with Crippen molar-refractivity contribution < 1.29 is 4.79 Å². The molecule has 2 N–H and O–H groups in total. The normalized spacial score (nSPS) is 16.5. The smallest absolute Gasteiger partial charge is 0.239 e. The fraction of sp³-hybridized carbons (Fsp3) is 0.474. The van der Waals surface area contributed by atoms with Gasteiger partial charge >= 0.3 is 0 Å². The van der Waals surface area contributed by atoms with E-state index in [0.717, 1.165) is 22.5 Å². The number of carbonyl (C=O) groups excluding carboxylic acids is 1. The van der Waals surface area contributed by atoms with Crippen LogP contribution in [0, 0.1) is 13.8 Å². The molecule has 1 aliphatic rings. The Morgan fingerprint density at radius 3 is 2.42 bits per heavy atom. The van der Waals surface area contributed by atoms with Crippen molar-refractivity contribution in [1.29, 1.82) is 0 Å². The monoisotopic (exact) mass is 326 g/mol. The zero-order valence-electron chi connectivity index (χ0n) is 14.7. The van der Waals surface area contributed by atoms with Crippen molar-refractivity contribution >= 4 is 5.91 Å². The van der Waals surface area contributed by atoms with Crippen LogP contribution in [0.3, 0.4) is 0 Å². The largest absolute Gasteiger partial charge is 0.368 e. The van der Waals surface area contributed by atoms with Gasteiger partial charge in [-0.25, -0.2) is 0 Å². The molecule has 24 heavy (non-hydrogen) atoms. The lowest BCUT2D eigenvalue weighted by Gasteiger charge is -2.24. The van der Waals surface area contributed by atoms with E-state index in [1.54, 1.807) is 4.68 Å². The SMILES string of the molecule is Cc1nn(CC(N)=O)c(C)c1-c1ccc(C(C)N2CCCC2)cc1. The van der Waals surface area contributed by atoms with Crippen molar-refractivity contribution in [2.75, 3.05) is 13.1 Å². The minimum Gasteiger partial charge on any atom is -0.368 e. The van der Waals surface area contributed by atoms with Crippen molar-refractivity contribution in [3.05, 3.63) is 41.2 Å². The number of aryl methyl sites for hydroxylation is 1. The summed E-state index contributed by atoms with van der Waals surface area (Å²) in [4.78, 5) is 13.7. The first kappa shape index (κ1) is 16.7. The molecule has 3 rings (SSSR count). The second kappa shape index (κ2) is 6.77. The van der Waals surface area contributed by atoms with E-state index >= 15 is 0 Å². The molecule has 1 fully saturated rings. The molecule has 5 heteroatoms. The average Bonchev–Trinajstić information content (AvgIpc) is 3.16. The Kier molecular flexibility index (Phi) is 4.71. The molecule has 1 aromatic carbocycles. The molecule has 0 aliphatic carbocycles. The maximum atomic E-state index is 11.2. The van der Waals surface area contributed by atoms with Crippen LogP contribution in [0.25, 0.3) is 11.1 Å². The summed E-state index contributed by atoms with van der Waals surface area (Å²) in [5.74, 6) is -0.373. The first-order valence-corrected chi connectivity index (χ1v) is 8.64. The number of benzene rings is 1. The maximum Gasteiger partial charge on any atom is 0.239 e. The number of primary amides is 1. The van der Waals surface area contributed by atoms with Crippen molar-refractivity contribution in [2.45, 2.75) is 46.2 Å². The molecule has 2 aromatic rings. The van der Waals surface area contributed by atoms with E-state index in [-0.39, 0.29) is 12.5 Å². The molecule has 1 aliphatic heterocycles. The van der Waals surface area contributed by atoms with Crippen molar-refractivity contribution in [3.63, 3.8) is 0 Å². The summed E-state index contributed by atoms with van der Waals surface area (Å²) in [6.45, 7) is 8.75. The molecule has 0 radical (unpaired) electrons. The van der Waals surface area contributed by atoms with E-state index in [0.29, 0.717) is 6.04 Å². The van der Waals surface area contributed by atoms with Gasteiger partial charge in [-0.2, -0.15) is 5.10 Å². The highest BCUT2D eigenvalue weighted by Gasteiger charge is 2.20. The second-order valence-corrected chi connectivity index (χ2v) is 6.71. The number of likely N-dealkylation sites (tertiary alicyclic amines) is 1. The third kappa shape index (κ3) is 3.22. The number of carbonyl (C=O) groups is 1. The Hall–Kier alpha value is -2.14. The van der Waals surface area contributed by atoms with Crippen LogP contribution in [0.5, 0.6) is 0 Å². The molecule has 1 aromatic heterocycles. The zero-order chi connectivity index (χ0) is 17.3. The fourth-order valence-electron chi connectivity index (χ4n) is 3.68. The van der Waals surface area contributed by atoms with E-state index in [1.165, 1.54) is 31.5 Å². The lowest BCUT2D eigenvalue weighted by Crippen LogP contribution is -2.23. The Morgan fingerprint density at radius 2 is 1.83 bits per heavy atom. The highest BCUT2D eigenvalue weighted by atomic mass is 16.1. The number of amides is 1. The standard InChI is InChI=1S/C19H26N4O/c1-13-19(15(3)23(21-13)12-18(20)24)17-8-6-16(7-9-17)14(2)22-10-4-5-11-22/h6-9,14H,4-5,10-12H2,1-3H3,(H2,20,24). The van der Waals surface area contributed by atoms with Crippen molar-refractivity contribution in [3.8, 4) is 11.1 Å². The van der Waals surface area contributed by atoms with Crippen LogP contribution in [0.1, 0.15) is 42.8 Å². The number of rotatable bonds is 5. The van der Waals surface area contributed by atoms with Gasteiger partial charge < -0.3 is 5.73 Å². The summed E-state index contributed by atoms with van der Waals surface area (Å²) in [5, 5.41) is 4.45. The van der Waals surface area contributed by atoms with Crippen LogP contribution in [-0.2, 0) is 11.3 Å². The number of aromatic nitrogens is 2. The Labute approximate surface area is 143 Å². The quantitative estimate of drug-likeness (QED) is 0.919. The Bertz CT molecular complexity index is 727. The summed E-state index contributed by atoms with van der Waals surface area (Å²) in [7, 11) is 0. The van der Waals surface area contributed by atoms with Gasteiger partial charge in [0.05, 0.1) is 5.69 Å². The van der Waals surface area contributed by atoms with Crippen LogP contribution in [0.2, 0.25) is 0 Å². The van der Waals surface area contributed by atoms with Crippen LogP contribution < -0.4 is 5.73 Å². The molecule has 1 amide bonds. The average molecular weight is 326 g/mol. The summed E-state index contributed by atoms with van der Waals surface area (Å²) in [6, 6.07) is 9.20. The van der Waals surface area contributed by atoms with Gasteiger partial charge in [-0.05, 0) is 57.8 Å². The van der Waals surface area contributed by atoms with Crippen LogP contribution in [0.4, 0.5) is 0 Å². The summed E-state index contributed by atoms with van der Waals surface area (Å²) in [6.07, 6.45) is 2.61. The molecular formula is C19H26N4O.